The van der Waals surface area contributed by atoms with Crippen LogP contribution in [-0.2, 0) is 0 Å². The molecule has 0 N–H and O–H groups in total. The largest absolute Gasteiger partial charge is 0.492 e. The molecule has 0 aliphatic carbocycles. The minimum Gasteiger partial charge on any atom is -0.492 e. The van der Waals surface area contributed by atoms with E-state index < -0.39 is 0 Å². The number of carbonyl (C=O) groups is 1. The summed E-state index contributed by atoms with van der Waals surface area (Å²) in [6, 6.07) is 12.6. The molecular formula is C19H19ClN2O3. The van der Waals surface area contributed by atoms with Crippen molar-refractivity contribution in [3.8, 4) is 5.75 Å². The summed E-state index contributed by atoms with van der Waals surface area (Å²) >= 11 is 6.04. The van der Waals surface area contributed by atoms with Crippen molar-refractivity contribution in [1.82, 2.24) is 9.88 Å². The highest BCUT2D eigenvalue weighted by molar-refractivity contribution is 6.32. The molecule has 130 valence electrons. The molecule has 3 rings (SSSR count). The lowest BCUT2D eigenvalue weighted by Crippen LogP contribution is -2.28. The minimum absolute atomic E-state index is 0.0614. The molecule has 1 heterocycles. The molecule has 3 aromatic rings. The third-order valence-corrected chi connectivity index (χ3v) is 4.13. The van der Waals surface area contributed by atoms with E-state index in [9.17, 15) is 4.79 Å². The number of amides is 1. The average Bonchev–Trinajstić information content (AvgIpc) is 2.98. The number of hydrogen-bond acceptors (Lipinski definition) is 4. The number of carbonyl (C=O) groups excluding carboxylic acids is 1. The molecule has 1 aromatic heterocycles. The molecule has 0 fully saturated rings. The number of benzene rings is 2. The number of halogens is 1. The van der Waals surface area contributed by atoms with Gasteiger partial charge in [0.15, 0.2) is 11.5 Å². The lowest BCUT2D eigenvalue weighted by molar-refractivity contribution is 0.0788. The first-order chi connectivity index (χ1) is 12.0. The van der Waals surface area contributed by atoms with E-state index in [0.717, 1.165) is 5.52 Å². The Bertz CT molecular complexity index is 891. The molecule has 5 nitrogen and oxygen atoms in total. The van der Waals surface area contributed by atoms with Crippen LogP contribution in [0.15, 0.2) is 46.9 Å². The second kappa shape index (κ2) is 7.57. The van der Waals surface area contributed by atoms with Crippen LogP contribution in [0.5, 0.6) is 5.75 Å². The monoisotopic (exact) mass is 358 g/mol. The number of fused-ring (bicyclic) bond motifs is 1. The fourth-order valence-electron chi connectivity index (χ4n) is 2.54. The Kier molecular flexibility index (Phi) is 5.24. The van der Waals surface area contributed by atoms with Gasteiger partial charge in [-0.1, -0.05) is 23.7 Å². The molecule has 0 bridgehead atoms. The van der Waals surface area contributed by atoms with Gasteiger partial charge in [-0.3, -0.25) is 4.79 Å². The third-order valence-electron chi connectivity index (χ3n) is 3.82. The van der Waals surface area contributed by atoms with Gasteiger partial charge in [0.25, 0.3) is 5.91 Å². The van der Waals surface area contributed by atoms with E-state index in [-0.39, 0.29) is 5.91 Å². The van der Waals surface area contributed by atoms with Crippen molar-refractivity contribution in [2.45, 2.75) is 13.3 Å². The molecule has 1 amide bonds. The van der Waals surface area contributed by atoms with Crippen molar-refractivity contribution in [3.63, 3.8) is 0 Å². The van der Waals surface area contributed by atoms with Crippen LogP contribution in [0.1, 0.15) is 22.7 Å². The van der Waals surface area contributed by atoms with Gasteiger partial charge in [-0.15, -0.1) is 0 Å². The van der Waals surface area contributed by atoms with E-state index in [0.29, 0.717) is 47.4 Å². The normalized spacial score (nSPS) is 10.8. The van der Waals surface area contributed by atoms with Crippen LogP contribution in [0.2, 0.25) is 5.02 Å². The van der Waals surface area contributed by atoms with Gasteiger partial charge in [0.1, 0.15) is 11.3 Å². The van der Waals surface area contributed by atoms with Crippen molar-refractivity contribution in [1.29, 1.82) is 0 Å². The zero-order valence-electron chi connectivity index (χ0n) is 14.2. The predicted molar refractivity (Wildman–Crippen MR) is 97.3 cm³/mol. The number of aromatic nitrogens is 1. The van der Waals surface area contributed by atoms with Crippen molar-refractivity contribution < 1.29 is 13.9 Å². The summed E-state index contributed by atoms with van der Waals surface area (Å²) in [4.78, 5) is 18.4. The smallest absolute Gasteiger partial charge is 0.253 e. The van der Waals surface area contributed by atoms with Crippen LogP contribution in [0.3, 0.4) is 0 Å². The molecule has 6 heteroatoms. The topological polar surface area (TPSA) is 55.6 Å². The molecule has 0 atom stereocenters. The average molecular weight is 359 g/mol. The summed E-state index contributed by atoms with van der Waals surface area (Å²) in [7, 11) is 1.77. The van der Waals surface area contributed by atoms with Gasteiger partial charge in [0.2, 0.25) is 0 Å². The fraction of sp³-hybridized carbons (Fsp3) is 0.263. The van der Waals surface area contributed by atoms with Gasteiger partial charge in [-0.25, -0.2) is 4.98 Å². The first-order valence-corrected chi connectivity index (χ1v) is 8.42. The molecule has 0 unspecified atom stereocenters. The maximum absolute atomic E-state index is 12.5. The first kappa shape index (κ1) is 17.3. The molecule has 0 saturated carbocycles. The van der Waals surface area contributed by atoms with Crippen LogP contribution in [-0.4, -0.2) is 36.0 Å². The van der Waals surface area contributed by atoms with Crippen LogP contribution in [0, 0.1) is 6.92 Å². The van der Waals surface area contributed by atoms with Crippen molar-refractivity contribution in [2.24, 2.45) is 0 Å². The van der Waals surface area contributed by atoms with Gasteiger partial charge >= 0.3 is 0 Å². The lowest BCUT2D eigenvalue weighted by atomic mass is 10.2. The van der Waals surface area contributed by atoms with E-state index in [2.05, 4.69) is 4.98 Å². The molecule has 0 aliphatic rings. The Morgan fingerprint density at radius 2 is 2.08 bits per heavy atom. The highest BCUT2D eigenvalue weighted by Crippen LogP contribution is 2.23. The van der Waals surface area contributed by atoms with Crippen molar-refractivity contribution in [2.75, 3.05) is 20.2 Å². The fourth-order valence-corrected chi connectivity index (χ4v) is 2.73. The maximum Gasteiger partial charge on any atom is 0.253 e. The molecule has 0 spiro atoms. The molecule has 0 radical (unpaired) electrons. The Hall–Kier alpha value is -2.53. The molecular weight excluding hydrogens is 340 g/mol. The van der Waals surface area contributed by atoms with Crippen molar-refractivity contribution >= 4 is 28.6 Å². The lowest BCUT2D eigenvalue weighted by Gasteiger charge is -2.17. The van der Waals surface area contributed by atoms with Crippen LogP contribution in [0.25, 0.3) is 11.1 Å². The van der Waals surface area contributed by atoms with E-state index in [1.54, 1.807) is 43.1 Å². The van der Waals surface area contributed by atoms with Crippen LogP contribution < -0.4 is 4.74 Å². The SMILES string of the molecule is Cc1nc2ccc(C(=O)N(C)CCCOc3ccccc3Cl)cc2o1. The summed E-state index contributed by atoms with van der Waals surface area (Å²) in [5, 5.41) is 0.586. The highest BCUT2D eigenvalue weighted by atomic mass is 35.5. The summed E-state index contributed by atoms with van der Waals surface area (Å²) in [6.45, 7) is 2.85. The number of oxazole rings is 1. The number of nitrogens with zero attached hydrogens (tertiary/aromatic N) is 2. The van der Waals surface area contributed by atoms with E-state index in [1.165, 1.54) is 0 Å². The molecule has 0 saturated heterocycles. The number of para-hydroxylation sites is 1. The Morgan fingerprint density at radius 3 is 2.88 bits per heavy atom. The summed E-state index contributed by atoms with van der Waals surface area (Å²) in [5.74, 6) is 1.18. The number of hydrogen-bond donors (Lipinski definition) is 0. The summed E-state index contributed by atoms with van der Waals surface area (Å²) < 4.78 is 11.1. The zero-order chi connectivity index (χ0) is 17.8. The third kappa shape index (κ3) is 4.12. The summed E-state index contributed by atoms with van der Waals surface area (Å²) in [5.41, 5.74) is 1.96. The predicted octanol–water partition coefficient (Wildman–Crippen LogP) is 4.33. The maximum atomic E-state index is 12.5. The molecule has 0 aliphatic heterocycles. The Morgan fingerprint density at radius 1 is 1.28 bits per heavy atom. The number of rotatable bonds is 6. The second-order valence-corrected chi connectivity index (χ2v) is 6.18. The van der Waals surface area contributed by atoms with Crippen molar-refractivity contribution in [3.05, 3.63) is 58.9 Å². The minimum atomic E-state index is -0.0614. The van der Waals surface area contributed by atoms with Gasteiger partial charge < -0.3 is 14.1 Å². The summed E-state index contributed by atoms with van der Waals surface area (Å²) in [6.07, 6.45) is 0.705. The number of aryl methyl sites for hydroxylation is 1. The highest BCUT2D eigenvalue weighted by Gasteiger charge is 2.13. The Balaban J connectivity index is 1.54. The van der Waals surface area contributed by atoms with Crippen LogP contribution >= 0.6 is 11.6 Å². The van der Waals surface area contributed by atoms with Gasteiger partial charge in [0, 0.05) is 26.1 Å². The molecule has 2 aromatic carbocycles. The van der Waals surface area contributed by atoms with E-state index >= 15 is 0 Å². The second-order valence-electron chi connectivity index (χ2n) is 5.77. The first-order valence-electron chi connectivity index (χ1n) is 8.04. The van der Waals surface area contributed by atoms with Crippen LogP contribution in [0.4, 0.5) is 0 Å². The van der Waals surface area contributed by atoms with E-state index in [1.807, 2.05) is 18.2 Å². The number of ether oxygens (including phenoxy) is 1. The quantitative estimate of drug-likeness (QED) is 0.615. The zero-order valence-corrected chi connectivity index (χ0v) is 14.9. The van der Waals surface area contributed by atoms with Gasteiger partial charge in [-0.05, 0) is 36.8 Å². The Labute approximate surface area is 151 Å². The van der Waals surface area contributed by atoms with E-state index in [4.69, 9.17) is 20.8 Å². The van der Waals surface area contributed by atoms with Gasteiger partial charge in [0.05, 0.1) is 11.6 Å². The van der Waals surface area contributed by atoms with Gasteiger partial charge in [-0.2, -0.15) is 0 Å². The standard InChI is InChI=1S/C19H19ClN2O3/c1-13-21-16-9-8-14(12-18(16)25-13)19(23)22(2)10-5-11-24-17-7-4-3-6-15(17)20/h3-4,6-9,12H,5,10-11H2,1-2H3. The molecule has 25 heavy (non-hydrogen) atoms.